The summed E-state index contributed by atoms with van der Waals surface area (Å²) in [6.07, 6.45) is 0.228. The Labute approximate surface area is 183 Å². The Morgan fingerprint density at radius 2 is 1.90 bits per heavy atom. The van der Waals surface area contributed by atoms with E-state index in [-0.39, 0.29) is 18.2 Å². The summed E-state index contributed by atoms with van der Waals surface area (Å²) < 4.78 is 5.71. The van der Waals surface area contributed by atoms with Crippen LogP contribution in [0.25, 0.3) is 22.4 Å². The number of aryl methyl sites for hydroxylation is 2. The van der Waals surface area contributed by atoms with Gasteiger partial charge in [0.05, 0.1) is 18.5 Å². The van der Waals surface area contributed by atoms with Crippen LogP contribution in [0.3, 0.4) is 0 Å². The number of nitrogens with zero attached hydrogens (tertiary/aromatic N) is 2. The molecular formula is C23H22N4O3S. The monoisotopic (exact) mass is 434 g/mol. The molecule has 2 N–H and O–H groups in total. The number of pyridine rings is 1. The van der Waals surface area contributed by atoms with Crippen molar-refractivity contribution in [3.8, 4) is 11.5 Å². The van der Waals surface area contributed by atoms with Crippen molar-refractivity contribution < 1.29 is 14.0 Å². The molecular weight excluding hydrogens is 412 g/mol. The van der Waals surface area contributed by atoms with Crippen LogP contribution in [-0.2, 0) is 22.6 Å². The molecule has 3 heterocycles. The van der Waals surface area contributed by atoms with Crippen molar-refractivity contribution in [2.45, 2.75) is 33.7 Å². The van der Waals surface area contributed by atoms with Gasteiger partial charge < -0.3 is 15.1 Å². The number of hydrogen-bond donors (Lipinski definition) is 2. The zero-order valence-corrected chi connectivity index (χ0v) is 18.3. The predicted molar refractivity (Wildman–Crippen MR) is 121 cm³/mol. The van der Waals surface area contributed by atoms with E-state index in [2.05, 4.69) is 20.6 Å². The Morgan fingerprint density at radius 3 is 2.71 bits per heavy atom. The van der Waals surface area contributed by atoms with Gasteiger partial charge >= 0.3 is 0 Å². The van der Waals surface area contributed by atoms with Crippen molar-refractivity contribution in [3.63, 3.8) is 0 Å². The van der Waals surface area contributed by atoms with E-state index in [4.69, 9.17) is 4.42 Å². The third kappa shape index (κ3) is 4.64. The fraction of sp³-hybridized carbons (Fsp3) is 0.217. The number of carbonyl (C=O) groups excluding carboxylic acids is 2. The maximum atomic E-state index is 12.7. The van der Waals surface area contributed by atoms with Crippen LogP contribution in [0.5, 0.6) is 0 Å². The Hall–Kier alpha value is -3.52. The zero-order chi connectivity index (χ0) is 22.0. The molecule has 158 valence electrons. The van der Waals surface area contributed by atoms with Crippen LogP contribution in [0, 0.1) is 13.8 Å². The Balaban J connectivity index is 1.45. The van der Waals surface area contributed by atoms with Gasteiger partial charge in [-0.1, -0.05) is 18.2 Å². The second-order valence-corrected chi connectivity index (χ2v) is 8.11. The van der Waals surface area contributed by atoms with Gasteiger partial charge in [0.15, 0.2) is 10.9 Å². The van der Waals surface area contributed by atoms with Crippen molar-refractivity contribution in [1.29, 1.82) is 0 Å². The van der Waals surface area contributed by atoms with Crippen molar-refractivity contribution >= 4 is 39.2 Å². The van der Waals surface area contributed by atoms with E-state index in [0.717, 1.165) is 27.7 Å². The lowest BCUT2D eigenvalue weighted by Crippen LogP contribution is -2.18. The predicted octanol–water partition coefficient (Wildman–Crippen LogP) is 4.39. The molecule has 4 aromatic rings. The number of aromatic nitrogens is 2. The molecule has 0 atom stereocenters. The lowest BCUT2D eigenvalue weighted by Gasteiger charge is -2.12. The number of nitrogens with one attached hydrogen (secondary N) is 2. The van der Waals surface area contributed by atoms with Gasteiger partial charge in [0.1, 0.15) is 11.5 Å². The van der Waals surface area contributed by atoms with E-state index < -0.39 is 0 Å². The third-order valence-corrected chi connectivity index (χ3v) is 5.76. The van der Waals surface area contributed by atoms with Gasteiger partial charge in [-0.15, -0.1) is 11.3 Å². The Bertz CT molecular complexity index is 1280. The first-order valence-corrected chi connectivity index (χ1v) is 10.7. The van der Waals surface area contributed by atoms with Crippen LogP contribution < -0.4 is 10.6 Å². The Kier molecular flexibility index (Phi) is 5.81. The second-order valence-electron chi connectivity index (χ2n) is 7.26. The van der Waals surface area contributed by atoms with Crippen LogP contribution in [0.1, 0.15) is 29.5 Å². The summed E-state index contributed by atoms with van der Waals surface area (Å²) in [6.45, 7) is 5.73. The first-order chi connectivity index (χ1) is 14.9. The standard InChI is InChI=1S/C23H22N4O3S/c1-13-17-6-4-5-7-19(17)25-14(2)18(13)10-22(29)27-23-26-20(12-31-23)21-9-8-16(30-21)11-24-15(3)28/h4-9,12H,10-11H2,1-3H3,(H,24,28)(H,26,27,29). The van der Waals surface area contributed by atoms with E-state index in [1.165, 1.54) is 18.3 Å². The maximum absolute atomic E-state index is 12.7. The molecule has 1 aromatic carbocycles. The molecule has 0 bridgehead atoms. The molecule has 0 radical (unpaired) electrons. The van der Waals surface area contributed by atoms with E-state index in [1.807, 2.05) is 43.5 Å². The summed E-state index contributed by atoms with van der Waals surface area (Å²) in [5.41, 5.74) is 4.42. The summed E-state index contributed by atoms with van der Waals surface area (Å²) in [5, 5.41) is 8.94. The molecule has 0 aliphatic rings. The van der Waals surface area contributed by atoms with E-state index >= 15 is 0 Å². The van der Waals surface area contributed by atoms with Crippen molar-refractivity contribution in [1.82, 2.24) is 15.3 Å². The summed E-state index contributed by atoms with van der Waals surface area (Å²) in [5.74, 6) is 0.958. The number of furan rings is 1. The average Bonchev–Trinajstić information content (AvgIpc) is 3.39. The molecule has 2 amide bonds. The molecule has 31 heavy (non-hydrogen) atoms. The lowest BCUT2D eigenvalue weighted by molar-refractivity contribution is -0.119. The minimum absolute atomic E-state index is 0.122. The maximum Gasteiger partial charge on any atom is 0.230 e. The molecule has 0 aliphatic carbocycles. The largest absolute Gasteiger partial charge is 0.458 e. The highest BCUT2D eigenvalue weighted by molar-refractivity contribution is 7.14. The SMILES string of the molecule is CC(=O)NCc1ccc(-c2csc(NC(=O)Cc3c(C)nc4ccccc4c3C)n2)o1. The molecule has 0 unspecified atom stereocenters. The van der Waals surface area contributed by atoms with E-state index in [0.29, 0.717) is 28.9 Å². The van der Waals surface area contributed by atoms with Gasteiger partial charge in [-0.2, -0.15) is 0 Å². The molecule has 0 saturated carbocycles. The number of amides is 2. The highest BCUT2D eigenvalue weighted by Gasteiger charge is 2.15. The van der Waals surface area contributed by atoms with Gasteiger partial charge in [0.2, 0.25) is 11.8 Å². The molecule has 0 spiro atoms. The van der Waals surface area contributed by atoms with Gasteiger partial charge in [0, 0.05) is 23.4 Å². The highest BCUT2D eigenvalue weighted by atomic mass is 32.1. The molecule has 0 saturated heterocycles. The quantitative estimate of drug-likeness (QED) is 0.469. The number of hydrogen-bond acceptors (Lipinski definition) is 6. The molecule has 3 aromatic heterocycles. The zero-order valence-electron chi connectivity index (χ0n) is 17.5. The number of rotatable bonds is 6. The smallest absolute Gasteiger partial charge is 0.230 e. The normalized spacial score (nSPS) is 10.9. The number of para-hydroxylation sites is 1. The van der Waals surface area contributed by atoms with Crippen LogP contribution in [-0.4, -0.2) is 21.8 Å². The molecule has 4 rings (SSSR count). The van der Waals surface area contributed by atoms with Gasteiger partial charge in [-0.05, 0) is 43.2 Å². The summed E-state index contributed by atoms with van der Waals surface area (Å²) in [6, 6.07) is 11.5. The third-order valence-electron chi connectivity index (χ3n) is 5.00. The van der Waals surface area contributed by atoms with Crippen molar-refractivity contribution in [2.75, 3.05) is 5.32 Å². The molecule has 0 fully saturated rings. The fourth-order valence-electron chi connectivity index (χ4n) is 3.42. The van der Waals surface area contributed by atoms with Crippen LogP contribution in [0.4, 0.5) is 5.13 Å². The van der Waals surface area contributed by atoms with E-state index in [1.54, 1.807) is 12.1 Å². The molecule has 0 aliphatic heterocycles. The van der Waals surface area contributed by atoms with Crippen molar-refractivity contribution in [3.05, 3.63) is 64.4 Å². The van der Waals surface area contributed by atoms with Crippen LogP contribution in [0.2, 0.25) is 0 Å². The summed E-state index contributed by atoms with van der Waals surface area (Å²) in [4.78, 5) is 32.8. The number of benzene rings is 1. The summed E-state index contributed by atoms with van der Waals surface area (Å²) >= 11 is 1.33. The van der Waals surface area contributed by atoms with Gasteiger partial charge in [-0.25, -0.2) is 4.98 Å². The number of carbonyl (C=O) groups is 2. The molecule has 7 nitrogen and oxygen atoms in total. The summed E-state index contributed by atoms with van der Waals surface area (Å²) in [7, 11) is 0. The average molecular weight is 435 g/mol. The first-order valence-electron chi connectivity index (χ1n) is 9.84. The minimum Gasteiger partial charge on any atom is -0.458 e. The van der Waals surface area contributed by atoms with Gasteiger partial charge in [0.25, 0.3) is 0 Å². The number of fused-ring (bicyclic) bond motifs is 1. The van der Waals surface area contributed by atoms with Crippen molar-refractivity contribution in [2.24, 2.45) is 0 Å². The van der Waals surface area contributed by atoms with Gasteiger partial charge in [-0.3, -0.25) is 14.6 Å². The lowest BCUT2D eigenvalue weighted by atomic mass is 9.99. The van der Waals surface area contributed by atoms with Crippen LogP contribution >= 0.6 is 11.3 Å². The Morgan fingerprint density at radius 1 is 1.10 bits per heavy atom. The van der Waals surface area contributed by atoms with Crippen LogP contribution in [0.15, 0.2) is 46.2 Å². The first kappa shape index (κ1) is 20.7. The number of anilines is 1. The fourth-order valence-corrected chi connectivity index (χ4v) is 4.14. The number of thiazole rings is 1. The second kappa shape index (κ2) is 8.69. The molecule has 8 heteroatoms. The van der Waals surface area contributed by atoms with E-state index in [9.17, 15) is 9.59 Å². The topological polar surface area (TPSA) is 97.1 Å². The highest BCUT2D eigenvalue weighted by Crippen LogP contribution is 2.27. The minimum atomic E-state index is -0.144.